The van der Waals surface area contributed by atoms with E-state index in [2.05, 4.69) is 15.9 Å². The third-order valence-corrected chi connectivity index (χ3v) is 3.33. The smallest absolute Gasteiger partial charge is 0.130 e. The zero-order valence-corrected chi connectivity index (χ0v) is 12.1. The molecule has 0 aliphatic heterocycles. The minimum absolute atomic E-state index is 0.310. The van der Waals surface area contributed by atoms with Crippen LogP contribution in [0, 0.1) is 12.7 Å². The van der Waals surface area contributed by atoms with Gasteiger partial charge in [-0.3, -0.25) is 0 Å². The monoisotopic (exact) mass is 320 g/mol. The lowest BCUT2D eigenvalue weighted by molar-refractivity contribution is 0.229. The van der Waals surface area contributed by atoms with E-state index in [0.29, 0.717) is 5.56 Å². The minimum Gasteiger partial charge on any atom is -0.384 e. The van der Waals surface area contributed by atoms with Crippen molar-refractivity contribution in [1.82, 2.24) is 0 Å². The van der Waals surface area contributed by atoms with Crippen LogP contribution in [0.25, 0.3) is 6.08 Å². The highest BCUT2D eigenvalue weighted by Gasteiger charge is 2.04. The summed E-state index contributed by atoms with van der Waals surface area (Å²) in [6, 6.07) is 12.3. The summed E-state index contributed by atoms with van der Waals surface area (Å²) in [7, 11) is 0. The van der Waals surface area contributed by atoms with Crippen LogP contribution in [0.15, 0.2) is 53.0 Å². The Morgan fingerprint density at radius 1 is 1.16 bits per heavy atom. The first-order valence-corrected chi connectivity index (χ1v) is 6.73. The van der Waals surface area contributed by atoms with Crippen molar-refractivity contribution >= 4 is 22.0 Å². The molecule has 2 aromatic carbocycles. The van der Waals surface area contributed by atoms with E-state index in [1.165, 1.54) is 6.07 Å². The van der Waals surface area contributed by atoms with E-state index in [1.807, 2.05) is 31.2 Å². The molecule has 0 spiro atoms. The molecule has 3 heteroatoms. The number of rotatable bonds is 3. The van der Waals surface area contributed by atoms with Gasteiger partial charge in [0.25, 0.3) is 0 Å². The average Bonchev–Trinajstić information content (AvgIpc) is 2.40. The van der Waals surface area contributed by atoms with Crippen LogP contribution in [0.4, 0.5) is 4.39 Å². The Morgan fingerprint density at radius 2 is 1.84 bits per heavy atom. The van der Waals surface area contributed by atoms with Crippen molar-refractivity contribution in [3.8, 4) is 0 Å². The van der Waals surface area contributed by atoms with Gasteiger partial charge in [-0.25, -0.2) is 4.39 Å². The van der Waals surface area contributed by atoms with Gasteiger partial charge in [-0.2, -0.15) is 0 Å². The van der Waals surface area contributed by atoms with E-state index in [4.69, 9.17) is 0 Å². The zero-order valence-electron chi connectivity index (χ0n) is 10.5. The van der Waals surface area contributed by atoms with Crippen molar-refractivity contribution in [2.45, 2.75) is 13.0 Å². The maximum Gasteiger partial charge on any atom is 0.130 e. The Labute approximate surface area is 120 Å². The van der Waals surface area contributed by atoms with Crippen molar-refractivity contribution in [3.05, 3.63) is 75.5 Å². The molecule has 0 saturated carbocycles. The van der Waals surface area contributed by atoms with Crippen molar-refractivity contribution in [2.24, 2.45) is 0 Å². The molecule has 19 heavy (non-hydrogen) atoms. The molecule has 1 atom stereocenters. The molecule has 0 aromatic heterocycles. The van der Waals surface area contributed by atoms with Crippen LogP contribution in [0.5, 0.6) is 0 Å². The second kappa shape index (κ2) is 6.13. The van der Waals surface area contributed by atoms with E-state index in [0.717, 1.165) is 15.6 Å². The van der Waals surface area contributed by atoms with E-state index in [9.17, 15) is 9.50 Å². The van der Waals surface area contributed by atoms with Crippen molar-refractivity contribution < 1.29 is 9.50 Å². The van der Waals surface area contributed by atoms with E-state index in [-0.39, 0.29) is 5.82 Å². The first-order valence-electron chi connectivity index (χ1n) is 5.94. The molecule has 0 radical (unpaired) electrons. The van der Waals surface area contributed by atoms with Gasteiger partial charge in [-0.05, 0) is 30.7 Å². The summed E-state index contributed by atoms with van der Waals surface area (Å²) < 4.78 is 14.3. The van der Waals surface area contributed by atoms with Crippen molar-refractivity contribution in [1.29, 1.82) is 0 Å². The molecule has 0 amide bonds. The quantitative estimate of drug-likeness (QED) is 0.873. The first-order chi connectivity index (χ1) is 9.06. The fraction of sp³-hybridized carbons (Fsp3) is 0.125. The summed E-state index contributed by atoms with van der Waals surface area (Å²) in [5.74, 6) is -0.310. The fourth-order valence-corrected chi connectivity index (χ4v) is 2.09. The van der Waals surface area contributed by atoms with Gasteiger partial charge in [0.2, 0.25) is 0 Å². The number of halogens is 2. The molecular formula is C16H14BrFO. The Hall–Kier alpha value is -1.45. The van der Waals surface area contributed by atoms with Gasteiger partial charge < -0.3 is 5.11 Å². The number of aryl methyl sites for hydroxylation is 1. The Kier molecular flexibility index (Phi) is 4.51. The Balaban J connectivity index is 2.18. The van der Waals surface area contributed by atoms with Crippen LogP contribution in [0.3, 0.4) is 0 Å². The first kappa shape index (κ1) is 14.0. The number of aliphatic hydroxyl groups is 1. The van der Waals surface area contributed by atoms with Gasteiger partial charge >= 0.3 is 0 Å². The molecule has 2 rings (SSSR count). The molecule has 0 saturated heterocycles. The van der Waals surface area contributed by atoms with Gasteiger partial charge in [-0.15, -0.1) is 0 Å². The van der Waals surface area contributed by atoms with E-state index < -0.39 is 6.10 Å². The third kappa shape index (κ3) is 3.75. The lowest BCUT2D eigenvalue weighted by Crippen LogP contribution is -1.93. The maximum atomic E-state index is 13.5. The summed E-state index contributed by atoms with van der Waals surface area (Å²) in [4.78, 5) is 0. The van der Waals surface area contributed by atoms with Gasteiger partial charge in [0.15, 0.2) is 0 Å². The third-order valence-electron chi connectivity index (χ3n) is 2.83. The second-order valence-electron chi connectivity index (χ2n) is 4.38. The SMILES string of the molecule is Cc1ccc([C@@H](O)/C=C/c2cc(Br)ccc2F)cc1. The van der Waals surface area contributed by atoms with Crippen LogP contribution < -0.4 is 0 Å². The van der Waals surface area contributed by atoms with E-state index in [1.54, 1.807) is 24.3 Å². The normalized spacial score (nSPS) is 12.8. The Morgan fingerprint density at radius 3 is 2.53 bits per heavy atom. The van der Waals surface area contributed by atoms with Gasteiger partial charge in [0, 0.05) is 10.0 Å². The zero-order chi connectivity index (χ0) is 13.8. The number of hydrogen-bond donors (Lipinski definition) is 1. The summed E-state index contributed by atoms with van der Waals surface area (Å²) in [6.45, 7) is 1.99. The largest absolute Gasteiger partial charge is 0.384 e. The standard InChI is InChI=1S/C16H14BrFO/c1-11-2-4-12(5-3-11)16(19)9-6-13-10-14(17)7-8-15(13)18/h2-10,16,19H,1H3/b9-6+/t16-/m0/s1. The second-order valence-corrected chi connectivity index (χ2v) is 5.30. The van der Waals surface area contributed by atoms with Crippen LogP contribution in [0.2, 0.25) is 0 Å². The lowest BCUT2D eigenvalue weighted by Gasteiger charge is -2.06. The molecule has 0 aliphatic rings. The molecule has 0 heterocycles. The predicted molar refractivity (Wildman–Crippen MR) is 79.3 cm³/mol. The Bertz CT molecular complexity index is 590. The fourth-order valence-electron chi connectivity index (χ4n) is 1.71. The molecular weight excluding hydrogens is 307 g/mol. The number of aliphatic hydroxyl groups excluding tert-OH is 1. The van der Waals surface area contributed by atoms with Crippen molar-refractivity contribution in [3.63, 3.8) is 0 Å². The molecule has 0 aliphatic carbocycles. The van der Waals surface area contributed by atoms with Crippen LogP contribution in [0.1, 0.15) is 22.8 Å². The molecule has 98 valence electrons. The molecule has 2 aromatic rings. The van der Waals surface area contributed by atoms with Crippen LogP contribution in [-0.2, 0) is 0 Å². The average molecular weight is 321 g/mol. The molecule has 1 nitrogen and oxygen atoms in total. The highest BCUT2D eigenvalue weighted by Crippen LogP contribution is 2.20. The summed E-state index contributed by atoms with van der Waals surface area (Å²) in [5.41, 5.74) is 2.37. The van der Waals surface area contributed by atoms with Crippen LogP contribution in [-0.4, -0.2) is 5.11 Å². The number of hydrogen-bond acceptors (Lipinski definition) is 1. The maximum absolute atomic E-state index is 13.5. The van der Waals surface area contributed by atoms with E-state index >= 15 is 0 Å². The highest BCUT2D eigenvalue weighted by molar-refractivity contribution is 9.10. The van der Waals surface area contributed by atoms with Crippen LogP contribution >= 0.6 is 15.9 Å². The van der Waals surface area contributed by atoms with Crippen molar-refractivity contribution in [2.75, 3.05) is 0 Å². The minimum atomic E-state index is -0.737. The van der Waals surface area contributed by atoms with Gasteiger partial charge in [-0.1, -0.05) is 57.9 Å². The molecule has 0 fully saturated rings. The summed E-state index contributed by atoms with van der Waals surface area (Å²) >= 11 is 3.29. The molecule has 1 N–H and O–H groups in total. The van der Waals surface area contributed by atoms with Gasteiger partial charge in [0.05, 0.1) is 6.10 Å². The summed E-state index contributed by atoms with van der Waals surface area (Å²) in [6.07, 6.45) is 2.43. The topological polar surface area (TPSA) is 20.2 Å². The number of benzene rings is 2. The molecule has 0 unspecified atom stereocenters. The summed E-state index contributed by atoms with van der Waals surface area (Å²) in [5, 5.41) is 10.0. The lowest BCUT2D eigenvalue weighted by atomic mass is 10.1. The predicted octanol–water partition coefficient (Wildman–Crippen LogP) is 4.64. The molecule has 0 bridgehead atoms. The highest BCUT2D eigenvalue weighted by atomic mass is 79.9. The van der Waals surface area contributed by atoms with Gasteiger partial charge in [0.1, 0.15) is 5.82 Å².